The molecule has 0 radical (unpaired) electrons. The van der Waals surface area contributed by atoms with Crippen LogP contribution in [0.1, 0.15) is 18.1 Å². The molecule has 0 saturated heterocycles. The Morgan fingerprint density at radius 1 is 0.862 bits per heavy atom. The van der Waals surface area contributed by atoms with E-state index in [9.17, 15) is 16.8 Å². The number of benzene rings is 2. The zero-order valence-electron chi connectivity index (χ0n) is 16.2. The number of sulfone groups is 1. The quantitative estimate of drug-likeness (QED) is 0.641. The molecule has 0 unspecified atom stereocenters. The van der Waals surface area contributed by atoms with E-state index in [0.29, 0.717) is 16.9 Å². The summed E-state index contributed by atoms with van der Waals surface area (Å²) in [4.78, 5) is 0.180. The average Bonchev–Trinajstić information content (AvgIpc) is 2.70. The molecule has 152 valence electrons. The van der Waals surface area contributed by atoms with Crippen LogP contribution in [0.25, 0.3) is 11.3 Å². The van der Waals surface area contributed by atoms with Gasteiger partial charge in [-0.1, -0.05) is 25.1 Å². The first-order chi connectivity index (χ1) is 13.6. The molecule has 1 aromatic heterocycles. The van der Waals surface area contributed by atoms with Gasteiger partial charge >= 0.3 is 0 Å². The molecule has 0 aliphatic rings. The van der Waals surface area contributed by atoms with Crippen molar-refractivity contribution in [1.29, 1.82) is 0 Å². The third-order valence-corrected chi connectivity index (χ3v) is 7.53. The number of hydrogen-bond acceptors (Lipinski definition) is 6. The standard InChI is InChI=1S/C20H21N3O4S2/c1-4-28(24,25)20-11-10-19(21-22-20)16-6-5-7-17(13-16)23-29(26,27)18-9-8-14(2)15(3)12-18/h5-13,23H,4H2,1-3H3. The number of nitrogens with zero attached hydrogens (tertiary/aromatic N) is 2. The first-order valence-corrected chi connectivity index (χ1v) is 12.0. The minimum atomic E-state index is -3.75. The second-order valence-electron chi connectivity index (χ2n) is 6.59. The van der Waals surface area contributed by atoms with Gasteiger partial charge in [0.25, 0.3) is 10.0 Å². The number of hydrogen-bond donors (Lipinski definition) is 1. The summed E-state index contributed by atoms with van der Waals surface area (Å²) in [6, 6.07) is 14.6. The van der Waals surface area contributed by atoms with E-state index in [-0.39, 0.29) is 15.7 Å². The molecule has 3 aromatic rings. The molecule has 7 nitrogen and oxygen atoms in total. The van der Waals surface area contributed by atoms with Crippen LogP contribution in [0.5, 0.6) is 0 Å². The van der Waals surface area contributed by atoms with Gasteiger partial charge in [-0.05, 0) is 61.4 Å². The van der Waals surface area contributed by atoms with Crippen LogP contribution in [0.2, 0.25) is 0 Å². The van der Waals surface area contributed by atoms with Crippen LogP contribution < -0.4 is 4.72 Å². The third-order valence-electron chi connectivity index (χ3n) is 4.54. The Bertz CT molecular complexity index is 1250. The van der Waals surface area contributed by atoms with Crippen LogP contribution in [0.15, 0.2) is 64.5 Å². The number of aromatic nitrogens is 2. The minimum absolute atomic E-state index is 0.0588. The normalized spacial score (nSPS) is 12.0. The van der Waals surface area contributed by atoms with Crippen LogP contribution in [0.4, 0.5) is 5.69 Å². The van der Waals surface area contributed by atoms with Gasteiger partial charge in [-0.15, -0.1) is 10.2 Å². The number of rotatable bonds is 6. The molecule has 0 atom stereocenters. The highest BCUT2D eigenvalue weighted by Gasteiger charge is 2.16. The van der Waals surface area contributed by atoms with E-state index < -0.39 is 19.9 Å². The van der Waals surface area contributed by atoms with Crippen molar-refractivity contribution < 1.29 is 16.8 Å². The SMILES string of the molecule is CCS(=O)(=O)c1ccc(-c2cccc(NS(=O)(=O)c3ccc(C)c(C)c3)c2)nn1. The topological polar surface area (TPSA) is 106 Å². The molecule has 29 heavy (non-hydrogen) atoms. The lowest BCUT2D eigenvalue weighted by Gasteiger charge is -2.11. The summed E-state index contributed by atoms with van der Waals surface area (Å²) < 4.78 is 51.7. The fourth-order valence-electron chi connectivity index (χ4n) is 2.62. The summed E-state index contributed by atoms with van der Waals surface area (Å²) in [5, 5.41) is 7.68. The van der Waals surface area contributed by atoms with Gasteiger partial charge in [0.1, 0.15) is 0 Å². The zero-order valence-corrected chi connectivity index (χ0v) is 17.9. The van der Waals surface area contributed by atoms with Crippen LogP contribution in [0, 0.1) is 13.8 Å². The Kier molecular flexibility index (Phi) is 5.72. The third kappa shape index (κ3) is 4.63. The van der Waals surface area contributed by atoms with Gasteiger partial charge < -0.3 is 0 Å². The van der Waals surface area contributed by atoms with Crippen molar-refractivity contribution in [2.24, 2.45) is 0 Å². The van der Waals surface area contributed by atoms with Crippen LogP contribution in [0.3, 0.4) is 0 Å². The van der Waals surface area contributed by atoms with Crippen molar-refractivity contribution >= 4 is 25.5 Å². The minimum Gasteiger partial charge on any atom is -0.280 e. The largest absolute Gasteiger partial charge is 0.280 e. The highest BCUT2D eigenvalue weighted by molar-refractivity contribution is 7.92. The molecule has 0 saturated carbocycles. The van der Waals surface area contributed by atoms with Gasteiger partial charge in [-0.2, -0.15) is 0 Å². The zero-order chi connectivity index (χ0) is 21.2. The molecule has 9 heteroatoms. The van der Waals surface area contributed by atoms with Gasteiger partial charge in [0.2, 0.25) is 0 Å². The molecule has 2 aromatic carbocycles. The highest BCUT2D eigenvalue weighted by Crippen LogP contribution is 2.24. The lowest BCUT2D eigenvalue weighted by molar-refractivity contribution is 0.591. The molecular weight excluding hydrogens is 410 g/mol. The number of sulfonamides is 1. The highest BCUT2D eigenvalue weighted by atomic mass is 32.2. The van der Waals surface area contributed by atoms with Crippen molar-refractivity contribution in [2.45, 2.75) is 30.7 Å². The van der Waals surface area contributed by atoms with Crippen LogP contribution in [-0.2, 0) is 19.9 Å². The van der Waals surface area contributed by atoms with E-state index >= 15 is 0 Å². The van der Waals surface area contributed by atoms with E-state index in [1.165, 1.54) is 13.0 Å². The van der Waals surface area contributed by atoms with E-state index in [1.54, 1.807) is 48.5 Å². The molecule has 1 heterocycles. The summed E-state index contributed by atoms with van der Waals surface area (Å²) in [7, 11) is -7.18. The van der Waals surface area contributed by atoms with Crippen LogP contribution >= 0.6 is 0 Å². The van der Waals surface area contributed by atoms with Crippen LogP contribution in [-0.4, -0.2) is 32.8 Å². The Hall–Kier alpha value is -2.78. The lowest BCUT2D eigenvalue weighted by atomic mass is 10.1. The lowest BCUT2D eigenvalue weighted by Crippen LogP contribution is -2.13. The van der Waals surface area contributed by atoms with Gasteiger partial charge in [0, 0.05) is 11.3 Å². The molecule has 0 aliphatic heterocycles. The molecule has 1 N–H and O–H groups in total. The molecule has 0 spiro atoms. The molecular formula is C20H21N3O4S2. The molecule has 0 bridgehead atoms. The fraction of sp³-hybridized carbons (Fsp3) is 0.200. The van der Waals surface area contributed by atoms with Gasteiger partial charge in [0.15, 0.2) is 14.9 Å². The summed E-state index contributed by atoms with van der Waals surface area (Å²) in [5.74, 6) is -0.0588. The maximum Gasteiger partial charge on any atom is 0.261 e. The predicted molar refractivity (Wildman–Crippen MR) is 112 cm³/mol. The summed E-state index contributed by atoms with van der Waals surface area (Å²) >= 11 is 0. The monoisotopic (exact) mass is 431 g/mol. The first-order valence-electron chi connectivity index (χ1n) is 8.89. The van der Waals surface area contributed by atoms with Gasteiger partial charge in [0.05, 0.1) is 16.3 Å². The molecule has 0 aliphatic carbocycles. The molecule has 0 amide bonds. The summed E-state index contributed by atoms with van der Waals surface area (Å²) in [5.41, 5.74) is 3.32. The number of anilines is 1. The van der Waals surface area contributed by atoms with Gasteiger partial charge in [-0.25, -0.2) is 16.8 Å². The van der Waals surface area contributed by atoms with Crippen molar-refractivity contribution in [3.63, 3.8) is 0 Å². The second kappa shape index (κ2) is 7.92. The summed E-state index contributed by atoms with van der Waals surface area (Å²) in [6.45, 7) is 5.31. The molecule has 0 fully saturated rings. The van der Waals surface area contributed by atoms with E-state index in [4.69, 9.17) is 0 Å². The van der Waals surface area contributed by atoms with Crippen molar-refractivity contribution in [3.8, 4) is 11.3 Å². The van der Waals surface area contributed by atoms with E-state index in [2.05, 4.69) is 14.9 Å². The second-order valence-corrected chi connectivity index (χ2v) is 10.5. The summed E-state index contributed by atoms with van der Waals surface area (Å²) in [6.07, 6.45) is 0. The van der Waals surface area contributed by atoms with Crippen molar-refractivity contribution in [2.75, 3.05) is 10.5 Å². The maximum absolute atomic E-state index is 12.7. The first kappa shape index (κ1) is 20.9. The van der Waals surface area contributed by atoms with Crippen molar-refractivity contribution in [1.82, 2.24) is 10.2 Å². The smallest absolute Gasteiger partial charge is 0.261 e. The Labute approximate surface area is 170 Å². The Morgan fingerprint density at radius 2 is 1.62 bits per heavy atom. The molecule has 3 rings (SSSR count). The van der Waals surface area contributed by atoms with E-state index in [0.717, 1.165) is 11.1 Å². The average molecular weight is 432 g/mol. The fourth-order valence-corrected chi connectivity index (χ4v) is 4.50. The van der Waals surface area contributed by atoms with Crippen molar-refractivity contribution in [3.05, 3.63) is 65.7 Å². The van der Waals surface area contributed by atoms with Gasteiger partial charge in [-0.3, -0.25) is 4.72 Å². The predicted octanol–water partition coefficient (Wildman–Crippen LogP) is 3.35. The maximum atomic E-state index is 12.7. The Balaban J connectivity index is 1.89. The number of aryl methyl sites for hydroxylation is 2. The Morgan fingerprint density at radius 3 is 2.24 bits per heavy atom. The van der Waals surface area contributed by atoms with E-state index in [1.807, 2.05) is 13.8 Å². The number of nitrogens with one attached hydrogen (secondary N) is 1.